The number of fused-ring (bicyclic) bond motifs is 1. The van der Waals surface area contributed by atoms with Crippen molar-refractivity contribution in [3.8, 4) is 5.75 Å². The van der Waals surface area contributed by atoms with Crippen LogP contribution in [-0.2, 0) is 13.0 Å². The fraction of sp³-hybridized carbons (Fsp3) is 0.214. The maximum Gasteiger partial charge on any atom is 0.173 e. The van der Waals surface area contributed by atoms with Crippen molar-refractivity contribution in [3.05, 3.63) is 41.9 Å². The van der Waals surface area contributed by atoms with Crippen LogP contribution in [0.15, 0.2) is 40.6 Å². The van der Waals surface area contributed by atoms with E-state index in [2.05, 4.69) is 20.0 Å². The maximum atomic E-state index is 5.19. The Labute approximate surface area is 111 Å². The van der Waals surface area contributed by atoms with Crippen LogP contribution in [0.5, 0.6) is 5.75 Å². The number of ether oxygens (including phenoxy) is 1. The maximum absolute atomic E-state index is 5.19. The number of hydrogen-bond donors (Lipinski definition) is 1. The van der Waals surface area contributed by atoms with Gasteiger partial charge in [-0.05, 0) is 17.7 Å². The second-order valence-electron chi connectivity index (χ2n) is 4.30. The summed E-state index contributed by atoms with van der Waals surface area (Å²) in [5.41, 5.74) is 3.10. The molecule has 3 rings (SSSR count). The molecule has 0 bridgehead atoms. The summed E-state index contributed by atoms with van der Waals surface area (Å²) in [6.07, 6.45) is 4.19. The van der Waals surface area contributed by atoms with E-state index < -0.39 is 0 Å². The normalized spacial score (nSPS) is 15.5. The third kappa shape index (κ3) is 2.54. The quantitative estimate of drug-likeness (QED) is 0.913. The van der Waals surface area contributed by atoms with Gasteiger partial charge in [0.05, 0.1) is 37.6 Å². The van der Waals surface area contributed by atoms with E-state index in [9.17, 15) is 0 Å². The highest BCUT2D eigenvalue weighted by molar-refractivity contribution is 6.32. The predicted octanol–water partition coefficient (Wildman–Crippen LogP) is 2.32. The van der Waals surface area contributed by atoms with Crippen molar-refractivity contribution < 1.29 is 4.74 Å². The zero-order valence-electron chi connectivity index (χ0n) is 10.6. The number of aliphatic imine (C=N–C) groups is 2. The van der Waals surface area contributed by atoms with Gasteiger partial charge in [-0.3, -0.25) is 4.99 Å². The zero-order chi connectivity index (χ0) is 13.1. The van der Waals surface area contributed by atoms with Gasteiger partial charge in [0.15, 0.2) is 5.82 Å². The van der Waals surface area contributed by atoms with E-state index in [0.717, 1.165) is 35.0 Å². The van der Waals surface area contributed by atoms with Crippen LogP contribution in [0, 0.1) is 0 Å². The van der Waals surface area contributed by atoms with Gasteiger partial charge in [-0.2, -0.15) is 0 Å². The molecule has 0 saturated heterocycles. The van der Waals surface area contributed by atoms with Crippen molar-refractivity contribution >= 4 is 17.7 Å². The van der Waals surface area contributed by atoms with E-state index in [-0.39, 0.29) is 0 Å². The molecule has 1 aliphatic heterocycles. The number of aromatic nitrogens is 2. The summed E-state index contributed by atoms with van der Waals surface area (Å²) in [5.74, 6) is 1.62. The fourth-order valence-electron chi connectivity index (χ4n) is 1.98. The Hall–Kier alpha value is -2.43. The number of hydrogen-bond acceptors (Lipinski definition) is 4. The van der Waals surface area contributed by atoms with Gasteiger partial charge in [-0.25, -0.2) is 9.98 Å². The number of nitrogens with one attached hydrogen (secondary N) is 1. The molecule has 1 aliphatic rings. The first-order valence-electron chi connectivity index (χ1n) is 6.08. The lowest BCUT2D eigenvalue weighted by molar-refractivity contribution is 0.414. The molecule has 5 nitrogen and oxygen atoms in total. The molecule has 0 saturated carbocycles. The molecular weight excluding hydrogens is 240 g/mol. The topological polar surface area (TPSA) is 62.6 Å². The van der Waals surface area contributed by atoms with Gasteiger partial charge >= 0.3 is 0 Å². The highest BCUT2D eigenvalue weighted by Gasteiger charge is 2.11. The standard InChI is InChI=1S/C14H14N4O/c1-19-12-4-2-3-10(5-12)7-15-11-6-13-14(16-8-11)18-9-17-13/h2-5,8-9H,6-7H2,1H3,(H,17,18). The summed E-state index contributed by atoms with van der Waals surface area (Å²) in [7, 11) is 1.67. The molecule has 2 aromatic rings. The van der Waals surface area contributed by atoms with Crippen molar-refractivity contribution in [2.24, 2.45) is 9.98 Å². The molecule has 96 valence electrons. The summed E-state index contributed by atoms with van der Waals surface area (Å²) in [6.45, 7) is 0.627. The fourth-order valence-corrected chi connectivity index (χ4v) is 1.98. The smallest absolute Gasteiger partial charge is 0.173 e. The van der Waals surface area contributed by atoms with Crippen LogP contribution in [-0.4, -0.2) is 29.0 Å². The van der Waals surface area contributed by atoms with Crippen LogP contribution in [0.2, 0.25) is 0 Å². The van der Waals surface area contributed by atoms with Gasteiger partial charge < -0.3 is 9.72 Å². The Bertz CT molecular complexity index is 642. The highest BCUT2D eigenvalue weighted by Crippen LogP contribution is 2.18. The Morgan fingerprint density at radius 1 is 1.42 bits per heavy atom. The molecule has 2 heterocycles. The number of aromatic amines is 1. The number of imidazole rings is 1. The molecule has 1 aromatic carbocycles. The molecule has 1 aromatic heterocycles. The number of nitrogens with zero attached hydrogens (tertiary/aromatic N) is 3. The number of methoxy groups -OCH3 is 1. The van der Waals surface area contributed by atoms with Gasteiger partial charge in [0.25, 0.3) is 0 Å². The van der Waals surface area contributed by atoms with E-state index >= 15 is 0 Å². The molecule has 0 aliphatic carbocycles. The third-order valence-electron chi connectivity index (χ3n) is 2.99. The van der Waals surface area contributed by atoms with Crippen LogP contribution in [0.4, 0.5) is 5.82 Å². The molecule has 1 N–H and O–H groups in total. The SMILES string of the molecule is COc1cccc(CN=C2C=Nc3nc[nH]c3C2)c1. The molecule has 19 heavy (non-hydrogen) atoms. The first-order valence-corrected chi connectivity index (χ1v) is 6.08. The van der Waals surface area contributed by atoms with Gasteiger partial charge in [0, 0.05) is 6.42 Å². The molecule has 0 amide bonds. The summed E-state index contributed by atoms with van der Waals surface area (Å²) < 4.78 is 5.19. The molecule has 0 spiro atoms. The summed E-state index contributed by atoms with van der Waals surface area (Å²) >= 11 is 0. The molecule has 0 unspecified atom stereocenters. The number of benzene rings is 1. The van der Waals surface area contributed by atoms with Crippen LogP contribution in [0.3, 0.4) is 0 Å². The van der Waals surface area contributed by atoms with Gasteiger partial charge in [-0.15, -0.1) is 0 Å². The second kappa shape index (κ2) is 5.06. The number of rotatable bonds is 3. The molecule has 0 fully saturated rings. The van der Waals surface area contributed by atoms with Crippen molar-refractivity contribution in [3.63, 3.8) is 0 Å². The zero-order valence-corrected chi connectivity index (χ0v) is 10.6. The lowest BCUT2D eigenvalue weighted by atomic mass is 10.1. The first-order chi connectivity index (χ1) is 9.35. The minimum Gasteiger partial charge on any atom is -0.497 e. The van der Waals surface area contributed by atoms with Gasteiger partial charge in [0.2, 0.25) is 0 Å². The van der Waals surface area contributed by atoms with Crippen molar-refractivity contribution in [2.75, 3.05) is 7.11 Å². The van der Waals surface area contributed by atoms with E-state index in [1.54, 1.807) is 19.7 Å². The lowest BCUT2D eigenvalue weighted by Crippen LogP contribution is -2.09. The van der Waals surface area contributed by atoms with E-state index in [4.69, 9.17) is 4.74 Å². The van der Waals surface area contributed by atoms with Crippen LogP contribution in [0.25, 0.3) is 0 Å². The molecule has 0 atom stereocenters. The van der Waals surface area contributed by atoms with Gasteiger partial charge in [0.1, 0.15) is 5.75 Å². The van der Waals surface area contributed by atoms with Crippen molar-refractivity contribution in [2.45, 2.75) is 13.0 Å². The van der Waals surface area contributed by atoms with Gasteiger partial charge in [-0.1, -0.05) is 12.1 Å². The summed E-state index contributed by atoms with van der Waals surface area (Å²) in [5, 5.41) is 0. The Morgan fingerprint density at radius 2 is 2.37 bits per heavy atom. The lowest BCUT2D eigenvalue weighted by Gasteiger charge is -2.06. The minimum absolute atomic E-state index is 0.627. The van der Waals surface area contributed by atoms with Crippen LogP contribution in [0.1, 0.15) is 11.3 Å². The molecule has 0 radical (unpaired) electrons. The van der Waals surface area contributed by atoms with Crippen molar-refractivity contribution in [1.82, 2.24) is 9.97 Å². The first kappa shape index (κ1) is 11.6. The molecular formula is C14H14N4O. The Morgan fingerprint density at radius 3 is 3.26 bits per heavy atom. The van der Waals surface area contributed by atoms with E-state index in [0.29, 0.717) is 6.54 Å². The summed E-state index contributed by atoms with van der Waals surface area (Å²) in [6, 6.07) is 7.92. The van der Waals surface area contributed by atoms with Crippen LogP contribution < -0.4 is 4.74 Å². The third-order valence-corrected chi connectivity index (χ3v) is 2.99. The Balaban J connectivity index is 1.73. The predicted molar refractivity (Wildman–Crippen MR) is 74.6 cm³/mol. The van der Waals surface area contributed by atoms with E-state index in [1.165, 1.54) is 0 Å². The second-order valence-corrected chi connectivity index (χ2v) is 4.30. The van der Waals surface area contributed by atoms with Crippen LogP contribution >= 0.6 is 0 Å². The number of H-pyrrole nitrogens is 1. The Kier molecular flexibility index (Phi) is 3.10. The largest absolute Gasteiger partial charge is 0.497 e. The molecule has 5 heteroatoms. The average Bonchev–Trinajstić information content (AvgIpc) is 2.93. The highest BCUT2D eigenvalue weighted by atomic mass is 16.5. The average molecular weight is 254 g/mol. The minimum atomic E-state index is 0.627. The van der Waals surface area contributed by atoms with Crippen molar-refractivity contribution in [1.29, 1.82) is 0 Å². The van der Waals surface area contributed by atoms with E-state index in [1.807, 2.05) is 24.3 Å². The monoisotopic (exact) mass is 254 g/mol. The summed E-state index contributed by atoms with van der Waals surface area (Å²) in [4.78, 5) is 16.0.